The smallest absolute Gasteiger partial charge is 0.224 e. The lowest BCUT2D eigenvalue weighted by Gasteiger charge is -2.17. The predicted octanol–water partition coefficient (Wildman–Crippen LogP) is 5.27. The van der Waals surface area contributed by atoms with E-state index in [-0.39, 0.29) is 11.8 Å². The van der Waals surface area contributed by atoms with E-state index < -0.39 is 0 Å². The van der Waals surface area contributed by atoms with E-state index >= 15 is 0 Å². The summed E-state index contributed by atoms with van der Waals surface area (Å²) < 4.78 is 11.7. The van der Waals surface area contributed by atoms with E-state index in [1.165, 1.54) is 0 Å². The van der Waals surface area contributed by atoms with E-state index in [0.717, 1.165) is 45.4 Å². The third-order valence-corrected chi connectivity index (χ3v) is 5.45. The molecule has 4 aromatic rings. The highest BCUT2D eigenvalue weighted by Gasteiger charge is 2.15. The Labute approximate surface area is 179 Å². The molecule has 3 aromatic carbocycles. The van der Waals surface area contributed by atoms with Crippen LogP contribution >= 0.6 is 0 Å². The molecule has 0 radical (unpaired) electrons. The summed E-state index contributed by atoms with van der Waals surface area (Å²) in [5.74, 6) is 0.740. The van der Waals surface area contributed by atoms with Crippen LogP contribution in [0.5, 0.6) is 5.75 Å². The highest BCUT2D eigenvalue weighted by atomic mass is 16.5. The SMILES string of the molecule is O=C(CCCOc1ccc2c(c1)CCC(=O)N2)Nc1ccc2c(c1)oc1ccccc12. The molecule has 2 amide bonds. The molecular weight excluding hydrogens is 392 g/mol. The van der Waals surface area contributed by atoms with Gasteiger partial charge in [-0.15, -0.1) is 0 Å². The molecule has 1 aliphatic rings. The zero-order chi connectivity index (χ0) is 21.2. The fourth-order valence-corrected chi connectivity index (χ4v) is 3.90. The van der Waals surface area contributed by atoms with Crippen LogP contribution in [0.3, 0.4) is 0 Å². The third-order valence-electron chi connectivity index (χ3n) is 5.45. The number of benzene rings is 3. The minimum absolute atomic E-state index is 0.0478. The van der Waals surface area contributed by atoms with Crippen LogP contribution in [0.2, 0.25) is 0 Å². The Bertz CT molecular complexity index is 1290. The topological polar surface area (TPSA) is 80.6 Å². The molecule has 1 aromatic heterocycles. The van der Waals surface area contributed by atoms with Gasteiger partial charge in [0.1, 0.15) is 16.9 Å². The number of anilines is 2. The van der Waals surface area contributed by atoms with Gasteiger partial charge in [0.15, 0.2) is 0 Å². The second-order valence-electron chi connectivity index (χ2n) is 7.68. The van der Waals surface area contributed by atoms with Gasteiger partial charge in [0.05, 0.1) is 6.61 Å². The van der Waals surface area contributed by atoms with Crippen molar-refractivity contribution in [1.29, 1.82) is 0 Å². The van der Waals surface area contributed by atoms with Crippen molar-refractivity contribution in [3.63, 3.8) is 0 Å². The molecule has 1 aliphatic heterocycles. The van der Waals surface area contributed by atoms with Gasteiger partial charge in [0, 0.05) is 41.1 Å². The average molecular weight is 414 g/mol. The minimum Gasteiger partial charge on any atom is -0.494 e. The number of nitrogens with one attached hydrogen (secondary N) is 2. The van der Waals surface area contributed by atoms with E-state index in [4.69, 9.17) is 9.15 Å². The van der Waals surface area contributed by atoms with Gasteiger partial charge in [-0.2, -0.15) is 0 Å². The maximum absolute atomic E-state index is 12.3. The maximum Gasteiger partial charge on any atom is 0.224 e. The lowest BCUT2D eigenvalue weighted by molar-refractivity contribution is -0.117. The molecule has 0 spiro atoms. The molecule has 0 saturated heterocycles. The summed E-state index contributed by atoms with van der Waals surface area (Å²) in [7, 11) is 0. The van der Waals surface area contributed by atoms with Crippen LogP contribution in [0.1, 0.15) is 24.8 Å². The molecule has 0 bridgehead atoms. The molecule has 6 nitrogen and oxygen atoms in total. The highest BCUT2D eigenvalue weighted by Crippen LogP contribution is 2.30. The molecule has 2 N–H and O–H groups in total. The summed E-state index contributed by atoms with van der Waals surface area (Å²) in [6.07, 6.45) is 2.18. The fraction of sp³-hybridized carbons (Fsp3) is 0.200. The monoisotopic (exact) mass is 414 g/mol. The lowest BCUT2D eigenvalue weighted by atomic mass is 10.0. The van der Waals surface area contributed by atoms with Crippen LogP contribution in [-0.4, -0.2) is 18.4 Å². The van der Waals surface area contributed by atoms with E-state index in [1.807, 2.05) is 60.7 Å². The van der Waals surface area contributed by atoms with Crippen LogP contribution in [-0.2, 0) is 16.0 Å². The highest BCUT2D eigenvalue weighted by molar-refractivity contribution is 6.06. The molecule has 0 fully saturated rings. The summed E-state index contributed by atoms with van der Waals surface area (Å²) in [6, 6.07) is 19.3. The second-order valence-corrected chi connectivity index (χ2v) is 7.68. The maximum atomic E-state index is 12.3. The van der Waals surface area contributed by atoms with E-state index in [2.05, 4.69) is 10.6 Å². The number of hydrogen-bond donors (Lipinski definition) is 2. The van der Waals surface area contributed by atoms with Crippen molar-refractivity contribution >= 4 is 45.1 Å². The molecule has 0 aliphatic carbocycles. The first-order chi connectivity index (χ1) is 15.2. The van der Waals surface area contributed by atoms with Gasteiger partial charge in [0.2, 0.25) is 11.8 Å². The Balaban J connectivity index is 1.14. The molecule has 156 valence electrons. The summed E-state index contributed by atoms with van der Waals surface area (Å²) in [4.78, 5) is 23.8. The number of carbonyl (C=O) groups is 2. The van der Waals surface area contributed by atoms with Crippen molar-refractivity contribution in [3.05, 3.63) is 66.2 Å². The van der Waals surface area contributed by atoms with Gasteiger partial charge in [0.25, 0.3) is 0 Å². The number of hydrogen-bond acceptors (Lipinski definition) is 4. The van der Waals surface area contributed by atoms with Crippen LogP contribution in [0.15, 0.2) is 65.1 Å². The van der Waals surface area contributed by atoms with E-state index in [1.54, 1.807) is 0 Å². The number of carbonyl (C=O) groups excluding carboxylic acids is 2. The zero-order valence-electron chi connectivity index (χ0n) is 16.9. The van der Waals surface area contributed by atoms with Gasteiger partial charge in [-0.25, -0.2) is 0 Å². The predicted molar refractivity (Wildman–Crippen MR) is 120 cm³/mol. The first kappa shape index (κ1) is 19.2. The summed E-state index contributed by atoms with van der Waals surface area (Å²) in [5, 5.41) is 7.88. The van der Waals surface area contributed by atoms with Crippen molar-refractivity contribution in [3.8, 4) is 5.75 Å². The Kier molecular flexibility index (Phi) is 5.04. The van der Waals surface area contributed by atoms with Gasteiger partial charge < -0.3 is 19.8 Å². The van der Waals surface area contributed by atoms with Crippen molar-refractivity contribution in [2.75, 3.05) is 17.2 Å². The number of ether oxygens (including phenoxy) is 1. The largest absolute Gasteiger partial charge is 0.494 e. The van der Waals surface area contributed by atoms with Crippen LogP contribution in [0, 0.1) is 0 Å². The molecule has 2 heterocycles. The van der Waals surface area contributed by atoms with Crippen LogP contribution in [0.4, 0.5) is 11.4 Å². The summed E-state index contributed by atoms with van der Waals surface area (Å²) in [6.45, 7) is 0.446. The number of furan rings is 1. The molecule has 0 unspecified atom stereocenters. The van der Waals surface area contributed by atoms with E-state index in [0.29, 0.717) is 31.6 Å². The summed E-state index contributed by atoms with van der Waals surface area (Å²) >= 11 is 0. The zero-order valence-corrected chi connectivity index (χ0v) is 16.9. The lowest BCUT2D eigenvalue weighted by Crippen LogP contribution is -2.18. The Hall–Kier alpha value is -3.80. The van der Waals surface area contributed by atoms with Gasteiger partial charge in [-0.3, -0.25) is 9.59 Å². The number of aryl methyl sites for hydroxylation is 1. The van der Waals surface area contributed by atoms with Gasteiger partial charge >= 0.3 is 0 Å². The molecule has 0 atom stereocenters. The van der Waals surface area contributed by atoms with E-state index in [9.17, 15) is 9.59 Å². The number of rotatable bonds is 6. The van der Waals surface area contributed by atoms with Crippen molar-refractivity contribution in [2.24, 2.45) is 0 Å². The fourth-order valence-electron chi connectivity index (χ4n) is 3.90. The van der Waals surface area contributed by atoms with Crippen molar-refractivity contribution < 1.29 is 18.7 Å². The molecule has 6 heteroatoms. The van der Waals surface area contributed by atoms with Crippen LogP contribution in [0.25, 0.3) is 21.9 Å². The number of para-hydroxylation sites is 1. The second kappa shape index (κ2) is 8.14. The van der Waals surface area contributed by atoms with Crippen molar-refractivity contribution in [2.45, 2.75) is 25.7 Å². The first-order valence-corrected chi connectivity index (χ1v) is 10.4. The minimum atomic E-state index is -0.0628. The number of amides is 2. The quantitative estimate of drug-likeness (QED) is 0.421. The van der Waals surface area contributed by atoms with Gasteiger partial charge in [-0.1, -0.05) is 18.2 Å². The third kappa shape index (κ3) is 4.10. The molecular formula is C25H22N2O4. The Morgan fingerprint density at radius 1 is 1.00 bits per heavy atom. The van der Waals surface area contributed by atoms with Crippen molar-refractivity contribution in [1.82, 2.24) is 0 Å². The normalized spacial score (nSPS) is 13.1. The Morgan fingerprint density at radius 3 is 2.81 bits per heavy atom. The number of fused-ring (bicyclic) bond motifs is 4. The first-order valence-electron chi connectivity index (χ1n) is 10.4. The van der Waals surface area contributed by atoms with Crippen LogP contribution < -0.4 is 15.4 Å². The molecule has 5 rings (SSSR count). The molecule has 31 heavy (non-hydrogen) atoms. The standard InChI is InChI=1S/C25H22N2O4/c28-24(6-3-13-30-18-9-11-21-16(14-18)7-12-25(29)27-21)26-17-8-10-20-19-4-1-2-5-22(19)31-23(20)15-17/h1-2,4-5,8-11,14-15H,3,6-7,12-13H2,(H,26,28)(H,27,29). The summed E-state index contributed by atoms with van der Waals surface area (Å²) in [5.41, 5.74) is 4.24. The Morgan fingerprint density at radius 2 is 1.87 bits per heavy atom. The molecule has 0 saturated carbocycles. The van der Waals surface area contributed by atoms with Gasteiger partial charge in [-0.05, 0) is 54.8 Å². The average Bonchev–Trinajstić information content (AvgIpc) is 3.14.